The van der Waals surface area contributed by atoms with Gasteiger partial charge < -0.3 is 25.5 Å². The van der Waals surface area contributed by atoms with Crippen molar-refractivity contribution in [1.82, 2.24) is 0 Å². The van der Waals surface area contributed by atoms with Crippen molar-refractivity contribution >= 4 is 12.3 Å². The monoisotopic (exact) mass is 192 g/mol. The molecule has 7 heteroatoms. The maximum atomic E-state index is 10.0. The number of aliphatic hydroxyl groups is 4. The van der Waals surface area contributed by atoms with Crippen molar-refractivity contribution in [1.29, 1.82) is 0 Å². The van der Waals surface area contributed by atoms with Crippen LogP contribution in [-0.2, 0) is 9.59 Å². The van der Waals surface area contributed by atoms with Gasteiger partial charge in [0, 0.05) is 0 Å². The normalized spacial score (nSPS) is 17.1. The van der Waals surface area contributed by atoms with Gasteiger partial charge in [0.25, 0.3) is 0 Å². The van der Waals surface area contributed by atoms with Crippen molar-refractivity contribution in [3.05, 3.63) is 11.5 Å². The van der Waals surface area contributed by atoms with Crippen LogP contribution >= 0.6 is 0 Å². The number of aliphatic hydroxyl groups excluding tert-OH is 4. The SMILES string of the molecule is O=C[C@H](O)/C(O)=C(\O)C(O)C(=O)O. The van der Waals surface area contributed by atoms with E-state index in [1.54, 1.807) is 0 Å². The average Bonchev–Trinajstić information content (AvgIpc) is 2.12. The number of carboxylic acid groups (broad SMARTS) is 1. The maximum absolute atomic E-state index is 10.0. The Morgan fingerprint density at radius 1 is 1.08 bits per heavy atom. The molecule has 0 aromatic heterocycles. The zero-order chi connectivity index (χ0) is 10.6. The lowest BCUT2D eigenvalue weighted by Crippen LogP contribution is -2.26. The average molecular weight is 192 g/mol. The molecule has 7 nitrogen and oxygen atoms in total. The van der Waals surface area contributed by atoms with E-state index in [4.69, 9.17) is 25.5 Å². The summed E-state index contributed by atoms with van der Waals surface area (Å²) in [4.78, 5) is 19.9. The van der Waals surface area contributed by atoms with Crippen molar-refractivity contribution in [3.63, 3.8) is 0 Å². The third kappa shape index (κ3) is 2.73. The van der Waals surface area contributed by atoms with Gasteiger partial charge in [-0.25, -0.2) is 4.79 Å². The number of carbonyl (C=O) groups excluding carboxylic acids is 1. The first kappa shape index (κ1) is 11.4. The van der Waals surface area contributed by atoms with Gasteiger partial charge in [-0.1, -0.05) is 0 Å². The van der Waals surface area contributed by atoms with E-state index in [0.29, 0.717) is 0 Å². The lowest BCUT2D eigenvalue weighted by molar-refractivity contribution is -0.146. The van der Waals surface area contributed by atoms with E-state index in [0.717, 1.165) is 0 Å². The van der Waals surface area contributed by atoms with Gasteiger partial charge in [-0.15, -0.1) is 0 Å². The molecule has 0 spiro atoms. The van der Waals surface area contributed by atoms with Gasteiger partial charge in [0.1, 0.15) is 0 Å². The maximum Gasteiger partial charge on any atom is 0.340 e. The molecule has 0 aliphatic carbocycles. The summed E-state index contributed by atoms with van der Waals surface area (Å²) in [5.74, 6) is -4.47. The first-order valence-corrected chi connectivity index (χ1v) is 3.08. The molecule has 0 bridgehead atoms. The highest BCUT2D eigenvalue weighted by Gasteiger charge is 2.25. The van der Waals surface area contributed by atoms with Gasteiger partial charge in [0.15, 0.2) is 23.9 Å². The largest absolute Gasteiger partial charge is 0.506 e. The highest BCUT2D eigenvalue weighted by atomic mass is 16.4. The summed E-state index contributed by atoms with van der Waals surface area (Å²) >= 11 is 0. The Hall–Kier alpha value is -1.60. The lowest BCUT2D eigenvalue weighted by Gasteiger charge is -2.08. The van der Waals surface area contributed by atoms with E-state index in [1.807, 2.05) is 0 Å². The fraction of sp³-hybridized carbons (Fsp3) is 0.333. The number of carboxylic acids is 1. The van der Waals surface area contributed by atoms with Crippen LogP contribution in [0.15, 0.2) is 11.5 Å². The van der Waals surface area contributed by atoms with Gasteiger partial charge in [-0.05, 0) is 0 Å². The van der Waals surface area contributed by atoms with Crippen LogP contribution in [0.1, 0.15) is 0 Å². The van der Waals surface area contributed by atoms with Gasteiger partial charge in [-0.3, -0.25) is 4.79 Å². The van der Waals surface area contributed by atoms with Crippen molar-refractivity contribution in [2.75, 3.05) is 0 Å². The molecule has 0 aromatic rings. The van der Waals surface area contributed by atoms with Gasteiger partial charge in [0.05, 0.1) is 0 Å². The van der Waals surface area contributed by atoms with Crippen LogP contribution in [0.3, 0.4) is 0 Å². The minimum atomic E-state index is -2.37. The molecule has 0 aliphatic rings. The first-order valence-electron chi connectivity index (χ1n) is 3.08. The molecule has 0 rings (SSSR count). The van der Waals surface area contributed by atoms with E-state index in [-0.39, 0.29) is 6.29 Å². The van der Waals surface area contributed by atoms with Crippen LogP contribution in [0.5, 0.6) is 0 Å². The number of hydrogen-bond acceptors (Lipinski definition) is 6. The van der Waals surface area contributed by atoms with Crippen LogP contribution in [0.2, 0.25) is 0 Å². The molecule has 0 saturated heterocycles. The molecule has 0 amide bonds. The Labute approximate surface area is 72.2 Å². The topological polar surface area (TPSA) is 135 Å². The summed E-state index contributed by atoms with van der Waals surface area (Å²) in [5, 5.41) is 42.8. The van der Waals surface area contributed by atoms with Crippen LogP contribution in [0, 0.1) is 0 Å². The molecule has 1 unspecified atom stereocenters. The van der Waals surface area contributed by atoms with Crippen LogP contribution in [0.4, 0.5) is 0 Å². The number of aldehydes is 1. The van der Waals surface area contributed by atoms with E-state index < -0.39 is 29.7 Å². The summed E-state index contributed by atoms with van der Waals surface area (Å²) in [6.45, 7) is 0. The number of rotatable bonds is 4. The number of aliphatic carboxylic acids is 1. The van der Waals surface area contributed by atoms with E-state index in [1.165, 1.54) is 0 Å². The summed E-state index contributed by atoms with van der Waals surface area (Å²) in [6, 6.07) is 0. The predicted molar refractivity (Wildman–Crippen MR) is 38.0 cm³/mol. The molecular weight excluding hydrogens is 184 g/mol. The van der Waals surface area contributed by atoms with Crippen LogP contribution in [-0.4, -0.2) is 50.0 Å². The fourth-order valence-electron chi connectivity index (χ4n) is 0.473. The summed E-state index contributed by atoms with van der Waals surface area (Å²) in [6.07, 6.45) is -4.55. The van der Waals surface area contributed by atoms with E-state index in [9.17, 15) is 9.59 Å². The molecule has 5 N–H and O–H groups in total. The smallest absolute Gasteiger partial charge is 0.340 e. The first-order chi connectivity index (χ1) is 5.91. The Bertz CT molecular complexity index is 243. The van der Waals surface area contributed by atoms with Crippen molar-refractivity contribution in [2.45, 2.75) is 12.2 Å². The minimum absolute atomic E-state index is 0.139. The third-order valence-corrected chi connectivity index (χ3v) is 1.16. The lowest BCUT2D eigenvalue weighted by atomic mass is 10.2. The van der Waals surface area contributed by atoms with Crippen molar-refractivity contribution in [2.24, 2.45) is 0 Å². The molecule has 0 heterocycles. The Morgan fingerprint density at radius 2 is 1.54 bits per heavy atom. The second-order valence-electron chi connectivity index (χ2n) is 2.09. The van der Waals surface area contributed by atoms with Crippen molar-refractivity contribution < 1.29 is 35.1 Å². The van der Waals surface area contributed by atoms with Gasteiger partial charge >= 0.3 is 5.97 Å². The quantitative estimate of drug-likeness (QED) is 0.265. The molecule has 13 heavy (non-hydrogen) atoms. The summed E-state index contributed by atoms with van der Waals surface area (Å²) in [7, 11) is 0. The Balaban J connectivity index is 4.79. The molecule has 0 radical (unpaired) electrons. The molecule has 0 aliphatic heterocycles. The van der Waals surface area contributed by atoms with Crippen LogP contribution < -0.4 is 0 Å². The van der Waals surface area contributed by atoms with Gasteiger partial charge in [0.2, 0.25) is 6.10 Å². The molecule has 74 valence electrons. The zero-order valence-electron chi connectivity index (χ0n) is 6.28. The second kappa shape index (κ2) is 4.43. The van der Waals surface area contributed by atoms with E-state index >= 15 is 0 Å². The standard InChI is InChI=1S/C6H8O7/c7-1-2(8)3(9)4(10)5(11)6(12)13/h1-2,5,8-11H,(H,12,13)/b4-3+/t2-,5?/m0/s1. The number of hydrogen-bond donors (Lipinski definition) is 5. The summed E-state index contributed by atoms with van der Waals surface area (Å²) < 4.78 is 0. The van der Waals surface area contributed by atoms with Gasteiger partial charge in [-0.2, -0.15) is 0 Å². The molecule has 0 fully saturated rings. The number of carbonyl (C=O) groups is 2. The highest BCUT2D eigenvalue weighted by Crippen LogP contribution is 2.06. The molecular formula is C6H8O7. The Morgan fingerprint density at radius 3 is 1.85 bits per heavy atom. The minimum Gasteiger partial charge on any atom is -0.506 e. The fourth-order valence-corrected chi connectivity index (χ4v) is 0.473. The third-order valence-electron chi connectivity index (χ3n) is 1.16. The van der Waals surface area contributed by atoms with Crippen molar-refractivity contribution in [3.8, 4) is 0 Å². The molecule has 0 saturated carbocycles. The van der Waals surface area contributed by atoms with E-state index in [2.05, 4.69) is 0 Å². The molecule has 2 atom stereocenters. The van der Waals surface area contributed by atoms with Crippen LogP contribution in [0.25, 0.3) is 0 Å². The molecule has 0 aromatic carbocycles. The summed E-state index contributed by atoms with van der Waals surface area (Å²) in [5.41, 5.74) is 0. The highest BCUT2D eigenvalue weighted by molar-refractivity contribution is 5.75. The predicted octanol–water partition coefficient (Wildman–Crippen LogP) is -1.68. The second-order valence-corrected chi connectivity index (χ2v) is 2.09. The Kier molecular flexibility index (Phi) is 3.89. The zero-order valence-corrected chi connectivity index (χ0v) is 6.28.